The highest BCUT2D eigenvalue weighted by molar-refractivity contribution is 9.10. The van der Waals surface area contributed by atoms with Gasteiger partial charge in [0.1, 0.15) is 0 Å². The summed E-state index contributed by atoms with van der Waals surface area (Å²) in [7, 11) is 0. The van der Waals surface area contributed by atoms with E-state index in [0.29, 0.717) is 6.04 Å². The fraction of sp³-hybridized carbons (Fsp3) is 0.308. The van der Waals surface area contributed by atoms with Crippen LogP contribution in [-0.2, 0) is 6.54 Å². The van der Waals surface area contributed by atoms with Crippen LogP contribution < -0.4 is 5.32 Å². The molecule has 0 aliphatic carbocycles. The third-order valence-corrected chi connectivity index (χ3v) is 4.95. The second-order valence-electron chi connectivity index (χ2n) is 4.19. The van der Waals surface area contributed by atoms with Crippen molar-refractivity contribution >= 4 is 39.0 Å². The molecule has 18 heavy (non-hydrogen) atoms. The van der Waals surface area contributed by atoms with Crippen LogP contribution in [-0.4, -0.2) is 11.0 Å². The Kier molecular flexibility index (Phi) is 5.24. The maximum absolute atomic E-state index is 4.28. The van der Waals surface area contributed by atoms with E-state index in [1.807, 2.05) is 11.6 Å². The molecular formula is C13H15BrN2S2. The standard InChI is InChI=1S/C13H15BrN2S2/c1-9(2)16-8-10-3-4-11(7-12(10)14)18-13-15-5-6-17-13/h3-7,9,16H,8H2,1-2H3. The molecule has 2 aromatic rings. The Balaban J connectivity index is 2.05. The predicted molar refractivity (Wildman–Crippen MR) is 82.4 cm³/mol. The highest BCUT2D eigenvalue weighted by Crippen LogP contribution is 2.32. The number of hydrogen-bond acceptors (Lipinski definition) is 4. The highest BCUT2D eigenvalue weighted by Gasteiger charge is 2.05. The zero-order valence-electron chi connectivity index (χ0n) is 10.3. The van der Waals surface area contributed by atoms with Gasteiger partial charge >= 0.3 is 0 Å². The summed E-state index contributed by atoms with van der Waals surface area (Å²) in [6, 6.07) is 6.97. The zero-order chi connectivity index (χ0) is 13.0. The molecule has 2 nitrogen and oxygen atoms in total. The van der Waals surface area contributed by atoms with Gasteiger partial charge < -0.3 is 5.32 Å². The van der Waals surface area contributed by atoms with Crippen molar-refractivity contribution in [2.75, 3.05) is 0 Å². The molecule has 0 spiro atoms. The van der Waals surface area contributed by atoms with Crippen molar-refractivity contribution in [2.45, 2.75) is 35.7 Å². The molecule has 1 heterocycles. The minimum absolute atomic E-state index is 0.501. The Hall–Kier alpha value is -0.360. The first-order valence-corrected chi connectivity index (χ1v) is 8.23. The van der Waals surface area contributed by atoms with Crippen LogP contribution in [0, 0.1) is 0 Å². The van der Waals surface area contributed by atoms with Gasteiger partial charge in [-0.3, -0.25) is 0 Å². The molecule has 1 aromatic carbocycles. The Labute approximate surface area is 124 Å². The van der Waals surface area contributed by atoms with Crippen LogP contribution in [0.2, 0.25) is 0 Å². The lowest BCUT2D eigenvalue weighted by atomic mass is 10.2. The quantitative estimate of drug-likeness (QED) is 0.862. The van der Waals surface area contributed by atoms with Crippen LogP contribution in [0.25, 0.3) is 0 Å². The summed E-state index contributed by atoms with van der Waals surface area (Å²) >= 11 is 7.00. The smallest absolute Gasteiger partial charge is 0.154 e. The predicted octanol–water partition coefficient (Wildman–Crippen LogP) is 4.55. The van der Waals surface area contributed by atoms with Crippen molar-refractivity contribution < 1.29 is 0 Å². The fourth-order valence-corrected chi connectivity index (χ4v) is 3.72. The van der Waals surface area contributed by atoms with E-state index in [0.717, 1.165) is 15.4 Å². The second-order valence-corrected chi connectivity index (χ2v) is 7.26. The van der Waals surface area contributed by atoms with E-state index in [1.165, 1.54) is 10.5 Å². The van der Waals surface area contributed by atoms with Crippen LogP contribution >= 0.6 is 39.0 Å². The third-order valence-electron chi connectivity index (χ3n) is 2.34. The summed E-state index contributed by atoms with van der Waals surface area (Å²) in [6.45, 7) is 5.20. The lowest BCUT2D eigenvalue weighted by Gasteiger charge is -2.10. The van der Waals surface area contributed by atoms with E-state index in [-0.39, 0.29) is 0 Å². The Morgan fingerprint density at radius 3 is 2.89 bits per heavy atom. The van der Waals surface area contributed by atoms with Gasteiger partial charge in [0, 0.05) is 33.5 Å². The normalized spacial score (nSPS) is 11.1. The number of nitrogens with zero attached hydrogens (tertiary/aromatic N) is 1. The Morgan fingerprint density at radius 2 is 2.28 bits per heavy atom. The number of aromatic nitrogens is 1. The molecule has 96 valence electrons. The summed E-state index contributed by atoms with van der Waals surface area (Å²) < 4.78 is 2.23. The van der Waals surface area contributed by atoms with Crippen molar-refractivity contribution in [1.29, 1.82) is 0 Å². The van der Waals surface area contributed by atoms with E-state index in [9.17, 15) is 0 Å². The number of rotatable bonds is 5. The van der Waals surface area contributed by atoms with Gasteiger partial charge in [0.05, 0.1) is 0 Å². The first kappa shape index (κ1) is 14.1. The van der Waals surface area contributed by atoms with E-state index >= 15 is 0 Å². The van der Waals surface area contributed by atoms with E-state index in [2.05, 4.69) is 58.3 Å². The minimum atomic E-state index is 0.501. The highest BCUT2D eigenvalue weighted by atomic mass is 79.9. The van der Waals surface area contributed by atoms with Crippen LogP contribution in [0.3, 0.4) is 0 Å². The average Bonchev–Trinajstić information content (AvgIpc) is 2.80. The van der Waals surface area contributed by atoms with Crippen molar-refractivity contribution in [3.63, 3.8) is 0 Å². The van der Waals surface area contributed by atoms with Gasteiger partial charge in [-0.05, 0) is 17.7 Å². The number of thiazole rings is 1. The molecule has 0 radical (unpaired) electrons. The largest absolute Gasteiger partial charge is 0.310 e. The van der Waals surface area contributed by atoms with Crippen LogP contribution in [0.15, 0.2) is 43.5 Å². The van der Waals surface area contributed by atoms with Gasteiger partial charge in [-0.15, -0.1) is 11.3 Å². The third kappa shape index (κ3) is 4.09. The van der Waals surface area contributed by atoms with Gasteiger partial charge in [-0.1, -0.05) is 47.6 Å². The molecule has 0 aliphatic rings. The average molecular weight is 343 g/mol. The first-order valence-electron chi connectivity index (χ1n) is 5.74. The molecule has 2 rings (SSSR count). The summed E-state index contributed by atoms with van der Waals surface area (Å²) in [4.78, 5) is 5.49. The van der Waals surface area contributed by atoms with Crippen LogP contribution in [0.1, 0.15) is 19.4 Å². The molecule has 0 unspecified atom stereocenters. The number of nitrogens with one attached hydrogen (secondary N) is 1. The van der Waals surface area contributed by atoms with Crippen LogP contribution in [0.4, 0.5) is 0 Å². The summed E-state index contributed by atoms with van der Waals surface area (Å²) in [5.74, 6) is 0. The van der Waals surface area contributed by atoms with Gasteiger partial charge in [0.15, 0.2) is 4.34 Å². The lowest BCUT2D eigenvalue weighted by molar-refractivity contribution is 0.587. The Bertz CT molecular complexity index is 498. The molecule has 1 aromatic heterocycles. The molecule has 0 fully saturated rings. The van der Waals surface area contributed by atoms with E-state index < -0.39 is 0 Å². The maximum Gasteiger partial charge on any atom is 0.154 e. The van der Waals surface area contributed by atoms with Crippen LogP contribution in [0.5, 0.6) is 0 Å². The van der Waals surface area contributed by atoms with E-state index in [4.69, 9.17) is 0 Å². The van der Waals surface area contributed by atoms with Crippen molar-refractivity contribution in [3.05, 3.63) is 39.8 Å². The van der Waals surface area contributed by atoms with Crippen molar-refractivity contribution in [1.82, 2.24) is 10.3 Å². The molecule has 0 amide bonds. The topological polar surface area (TPSA) is 24.9 Å². The van der Waals surface area contributed by atoms with E-state index in [1.54, 1.807) is 23.1 Å². The van der Waals surface area contributed by atoms with Crippen molar-refractivity contribution in [2.24, 2.45) is 0 Å². The molecule has 5 heteroatoms. The van der Waals surface area contributed by atoms with Crippen molar-refractivity contribution in [3.8, 4) is 0 Å². The summed E-state index contributed by atoms with van der Waals surface area (Å²) in [6.07, 6.45) is 1.84. The monoisotopic (exact) mass is 342 g/mol. The molecule has 0 saturated carbocycles. The molecule has 0 atom stereocenters. The first-order chi connectivity index (χ1) is 8.65. The molecule has 1 N–H and O–H groups in total. The SMILES string of the molecule is CC(C)NCc1ccc(Sc2nccs2)cc1Br. The number of hydrogen-bond donors (Lipinski definition) is 1. The molecule has 0 aliphatic heterocycles. The van der Waals surface area contributed by atoms with Gasteiger partial charge in [-0.25, -0.2) is 4.98 Å². The van der Waals surface area contributed by atoms with Gasteiger partial charge in [0.2, 0.25) is 0 Å². The van der Waals surface area contributed by atoms with Gasteiger partial charge in [0.25, 0.3) is 0 Å². The summed E-state index contributed by atoms with van der Waals surface area (Å²) in [5, 5.41) is 5.42. The molecule has 0 bridgehead atoms. The second kappa shape index (κ2) is 6.70. The maximum atomic E-state index is 4.28. The van der Waals surface area contributed by atoms with Gasteiger partial charge in [-0.2, -0.15) is 0 Å². The number of halogens is 1. The fourth-order valence-electron chi connectivity index (χ4n) is 1.41. The lowest BCUT2D eigenvalue weighted by Crippen LogP contribution is -2.21. The Morgan fingerprint density at radius 1 is 1.44 bits per heavy atom. The molecular weight excluding hydrogens is 328 g/mol. The molecule has 0 saturated heterocycles. The summed E-state index contributed by atoms with van der Waals surface area (Å²) in [5.41, 5.74) is 1.28. The zero-order valence-corrected chi connectivity index (χ0v) is 13.5. The minimum Gasteiger partial charge on any atom is -0.310 e. The number of benzene rings is 1.